The van der Waals surface area contributed by atoms with Crippen molar-refractivity contribution in [3.8, 4) is 0 Å². The molecule has 0 aliphatic carbocycles. The Labute approximate surface area is 151 Å². The Morgan fingerprint density at radius 1 is 1.35 bits per heavy atom. The lowest BCUT2D eigenvalue weighted by Gasteiger charge is -2.02. The number of oxazole rings is 1. The van der Waals surface area contributed by atoms with Gasteiger partial charge >= 0.3 is 5.97 Å². The third-order valence-electron chi connectivity index (χ3n) is 4.02. The smallest absolute Gasteiger partial charge is 0.348 e. The zero-order chi connectivity index (χ0) is 18.3. The van der Waals surface area contributed by atoms with E-state index in [1.54, 1.807) is 13.8 Å². The first-order valence-electron chi connectivity index (χ1n) is 8.08. The third kappa shape index (κ3) is 2.68. The van der Waals surface area contributed by atoms with Crippen molar-refractivity contribution in [1.29, 1.82) is 0 Å². The van der Waals surface area contributed by atoms with Gasteiger partial charge in [-0.25, -0.2) is 14.8 Å². The molecule has 0 N–H and O–H groups in total. The van der Waals surface area contributed by atoms with Gasteiger partial charge in [0.25, 0.3) is 5.56 Å². The second kappa shape index (κ2) is 6.38. The summed E-state index contributed by atoms with van der Waals surface area (Å²) < 4.78 is 12.2. The molecule has 0 bridgehead atoms. The number of rotatable bonds is 4. The molecule has 0 aliphatic rings. The van der Waals surface area contributed by atoms with Crippen molar-refractivity contribution in [3.63, 3.8) is 0 Å². The molecule has 0 atom stereocenters. The van der Waals surface area contributed by atoms with Crippen LogP contribution in [0.2, 0.25) is 0 Å². The van der Waals surface area contributed by atoms with E-state index in [1.165, 1.54) is 22.2 Å². The van der Waals surface area contributed by atoms with Gasteiger partial charge in [0, 0.05) is 0 Å². The van der Waals surface area contributed by atoms with Crippen molar-refractivity contribution in [2.75, 3.05) is 6.61 Å². The van der Waals surface area contributed by atoms with Crippen LogP contribution in [0.5, 0.6) is 0 Å². The number of carbonyl (C=O) groups is 1. The van der Waals surface area contributed by atoms with Gasteiger partial charge in [-0.3, -0.25) is 9.36 Å². The monoisotopic (exact) mass is 369 g/mol. The van der Waals surface area contributed by atoms with Crippen LogP contribution in [-0.2, 0) is 11.3 Å². The Hall–Kier alpha value is -3.00. The second-order valence-electron chi connectivity index (χ2n) is 5.71. The van der Waals surface area contributed by atoms with Gasteiger partial charge in [-0.05, 0) is 31.5 Å². The van der Waals surface area contributed by atoms with E-state index in [2.05, 4.69) is 9.97 Å². The van der Waals surface area contributed by atoms with E-state index in [9.17, 15) is 9.59 Å². The van der Waals surface area contributed by atoms with Crippen molar-refractivity contribution in [2.45, 2.75) is 20.4 Å². The highest BCUT2D eigenvalue weighted by Gasteiger charge is 2.20. The lowest BCUT2D eigenvalue weighted by Crippen LogP contribution is -2.21. The quantitative estimate of drug-likeness (QED) is 0.514. The Morgan fingerprint density at radius 3 is 2.92 bits per heavy atom. The molecular formula is C18H15N3O4S. The SMILES string of the molecule is CCOC(=O)c1sc2ncn(Cc3nc4ccccc4o3)c(=O)c2c1C. The zero-order valence-electron chi connectivity index (χ0n) is 14.2. The molecule has 3 aromatic heterocycles. The minimum Gasteiger partial charge on any atom is -0.462 e. The van der Waals surface area contributed by atoms with Crippen LogP contribution >= 0.6 is 11.3 Å². The number of esters is 1. The van der Waals surface area contributed by atoms with E-state index in [0.717, 1.165) is 5.52 Å². The summed E-state index contributed by atoms with van der Waals surface area (Å²) in [5, 5.41) is 0.427. The van der Waals surface area contributed by atoms with E-state index in [-0.39, 0.29) is 18.7 Å². The maximum absolute atomic E-state index is 12.9. The highest BCUT2D eigenvalue weighted by molar-refractivity contribution is 7.20. The van der Waals surface area contributed by atoms with Crippen LogP contribution in [0.25, 0.3) is 21.3 Å². The highest BCUT2D eigenvalue weighted by Crippen LogP contribution is 2.27. The Morgan fingerprint density at radius 2 is 2.15 bits per heavy atom. The summed E-state index contributed by atoms with van der Waals surface area (Å²) in [7, 11) is 0. The predicted molar refractivity (Wildman–Crippen MR) is 97.7 cm³/mol. The van der Waals surface area contributed by atoms with Gasteiger partial charge in [-0.2, -0.15) is 0 Å². The Kier molecular flexibility index (Phi) is 4.04. The molecule has 0 saturated carbocycles. The maximum atomic E-state index is 12.9. The summed E-state index contributed by atoms with van der Waals surface area (Å²) in [5.74, 6) is -0.00847. The summed E-state index contributed by atoms with van der Waals surface area (Å²) in [4.78, 5) is 34.5. The lowest BCUT2D eigenvalue weighted by atomic mass is 10.2. The van der Waals surface area contributed by atoms with Crippen LogP contribution in [0.4, 0.5) is 0 Å². The minimum absolute atomic E-state index is 0.167. The van der Waals surface area contributed by atoms with Gasteiger partial charge in [0.2, 0.25) is 5.89 Å². The standard InChI is InChI=1S/C18H15N3O4S/c1-3-24-18(23)15-10(2)14-16(26-15)19-9-21(17(14)22)8-13-20-11-6-4-5-7-12(11)25-13/h4-7,9H,3,8H2,1-2H3. The van der Waals surface area contributed by atoms with Crippen molar-refractivity contribution >= 4 is 38.6 Å². The fourth-order valence-electron chi connectivity index (χ4n) is 2.80. The molecule has 26 heavy (non-hydrogen) atoms. The molecule has 0 fully saturated rings. The second-order valence-corrected chi connectivity index (χ2v) is 6.71. The normalized spacial score (nSPS) is 11.3. The molecule has 0 saturated heterocycles. The van der Waals surface area contributed by atoms with Gasteiger partial charge in [0.1, 0.15) is 21.8 Å². The fourth-order valence-corrected chi connectivity index (χ4v) is 3.83. The summed E-state index contributed by atoms with van der Waals surface area (Å²) in [6.07, 6.45) is 1.45. The number of carbonyl (C=O) groups excluding carboxylic acids is 1. The van der Waals surface area contributed by atoms with Gasteiger partial charge < -0.3 is 9.15 Å². The van der Waals surface area contributed by atoms with E-state index < -0.39 is 5.97 Å². The van der Waals surface area contributed by atoms with Crippen molar-refractivity contribution in [2.24, 2.45) is 0 Å². The highest BCUT2D eigenvalue weighted by atomic mass is 32.1. The molecular weight excluding hydrogens is 354 g/mol. The largest absolute Gasteiger partial charge is 0.462 e. The van der Waals surface area contributed by atoms with Crippen molar-refractivity contribution in [3.05, 3.63) is 57.3 Å². The molecule has 4 rings (SSSR count). The number of nitrogens with zero attached hydrogens (tertiary/aromatic N) is 3. The molecule has 1 aromatic carbocycles. The van der Waals surface area contributed by atoms with E-state index >= 15 is 0 Å². The molecule has 0 radical (unpaired) electrons. The first-order valence-corrected chi connectivity index (χ1v) is 8.90. The zero-order valence-corrected chi connectivity index (χ0v) is 15.0. The minimum atomic E-state index is -0.432. The van der Waals surface area contributed by atoms with Crippen LogP contribution in [0.3, 0.4) is 0 Å². The molecule has 0 unspecified atom stereocenters. The number of aromatic nitrogens is 3. The first kappa shape index (κ1) is 16.5. The van der Waals surface area contributed by atoms with Crippen LogP contribution in [0.1, 0.15) is 28.0 Å². The van der Waals surface area contributed by atoms with Crippen LogP contribution in [0.15, 0.2) is 39.8 Å². The van der Waals surface area contributed by atoms with E-state index in [0.29, 0.717) is 32.1 Å². The number of hydrogen-bond donors (Lipinski definition) is 0. The molecule has 132 valence electrons. The first-order chi connectivity index (χ1) is 12.6. The summed E-state index contributed by atoms with van der Waals surface area (Å²) in [5.41, 5.74) is 1.76. The number of benzene rings is 1. The summed E-state index contributed by atoms with van der Waals surface area (Å²) in [6, 6.07) is 7.41. The maximum Gasteiger partial charge on any atom is 0.348 e. The molecule has 7 nitrogen and oxygen atoms in total. The third-order valence-corrected chi connectivity index (χ3v) is 5.20. The molecule has 0 spiro atoms. The number of ether oxygens (including phenoxy) is 1. The number of fused-ring (bicyclic) bond motifs is 2. The summed E-state index contributed by atoms with van der Waals surface area (Å²) in [6.45, 7) is 3.92. The van der Waals surface area contributed by atoms with E-state index in [1.807, 2.05) is 24.3 Å². The van der Waals surface area contributed by atoms with Gasteiger partial charge in [0.05, 0.1) is 18.3 Å². The van der Waals surface area contributed by atoms with Crippen molar-refractivity contribution in [1.82, 2.24) is 14.5 Å². The summed E-state index contributed by atoms with van der Waals surface area (Å²) >= 11 is 1.17. The molecule has 4 aromatic rings. The number of thiophene rings is 1. The van der Waals surface area contributed by atoms with Crippen LogP contribution in [-0.4, -0.2) is 27.1 Å². The van der Waals surface area contributed by atoms with Gasteiger partial charge in [-0.1, -0.05) is 12.1 Å². The lowest BCUT2D eigenvalue weighted by molar-refractivity contribution is 0.0531. The molecule has 3 heterocycles. The molecule has 0 amide bonds. The van der Waals surface area contributed by atoms with E-state index in [4.69, 9.17) is 9.15 Å². The van der Waals surface area contributed by atoms with Gasteiger partial charge in [-0.15, -0.1) is 11.3 Å². The topological polar surface area (TPSA) is 87.2 Å². The number of para-hydroxylation sites is 2. The van der Waals surface area contributed by atoms with Gasteiger partial charge in [0.15, 0.2) is 5.58 Å². The van der Waals surface area contributed by atoms with Crippen LogP contribution < -0.4 is 5.56 Å². The van der Waals surface area contributed by atoms with Crippen LogP contribution in [0, 0.1) is 6.92 Å². The molecule has 0 aliphatic heterocycles. The van der Waals surface area contributed by atoms with Crippen molar-refractivity contribution < 1.29 is 13.9 Å². The number of hydrogen-bond acceptors (Lipinski definition) is 7. The Balaban J connectivity index is 1.76. The fraction of sp³-hybridized carbons (Fsp3) is 0.222. The average molecular weight is 369 g/mol. The Bertz CT molecular complexity index is 1160. The number of aryl methyl sites for hydroxylation is 1. The predicted octanol–water partition coefficient (Wildman–Crippen LogP) is 3.13. The average Bonchev–Trinajstić information content (AvgIpc) is 3.18. The molecule has 8 heteroatoms.